The van der Waals surface area contributed by atoms with Gasteiger partial charge in [-0.2, -0.15) is 0 Å². The lowest BCUT2D eigenvalue weighted by Gasteiger charge is -2.16. The van der Waals surface area contributed by atoms with Crippen molar-refractivity contribution in [3.05, 3.63) is 36.1 Å². The van der Waals surface area contributed by atoms with E-state index in [4.69, 9.17) is 4.42 Å². The van der Waals surface area contributed by atoms with Crippen LogP contribution in [0.3, 0.4) is 0 Å². The summed E-state index contributed by atoms with van der Waals surface area (Å²) in [7, 11) is 0. The van der Waals surface area contributed by atoms with Crippen LogP contribution in [0.25, 0.3) is 11.0 Å². The average molecular weight is 215 g/mol. The summed E-state index contributed by atoms with van der Waals surface area (Å²) < 4.78 is 5.63. The first-order chi connectivity index (χ1) is 7.90. The highest BCUT2D eigenvalue weighted by molar-refractivity contribution is 5.81. The molecule has 2 nitrogen and oxygen atoms in total. The van der Waals surface area contributed by atoms with Crippen LogP contribution in [0.5, 0.6) is 0 Å². The van der Waals surface area contributed by atoms with Crippen molar-refractivity contribution < 1.29 is 4.42 Å². The van der Waals surface area contributed by atoms with E-state index in [-0.39, 0.29) is 0 Å². The molecule has 0 spiro atoms. The fourth-order valence-corrected chi connectivity index (χ4v) is 2.85. The summed E-state index contributed by atoms with van der Waals surface area (Å²) in [4.78, 5) is 0. The van der Waals surface area contributed by atoms with E-state index in [1.807, 2.05) is 18.4 Å². The molecule has 0 saturated carbocycles. The highest BCUT2D eigenvalue weighted by Crippen LogP contribution is 2.35. The van der Waals surface area contributed by atoms with Gasteiger partial charge in [-0.3, -0.25) is 0 Å². The monoisotopic (exact) mass is 215 g/mol. The molecule has 84 valence electrons. The number of rotatable bonds is 2. The number of hydrogen-bond acceptors (Lipinski definition) is 2. The van der Waals surface area contributed by atoms with Crippen LogP contribution in [0.2, 0.25) is 0 Å². The van der Waals surface area contributed by atoms with Gasteiger partial charge in [0, 0.05) is 22.9 Å². The lowest BCUT2D eigenvalue weighted by atomic mass is 9.90. The van der Waals surface area contributed by atoms with E-state index < -0.39 is 0 Å². The first-order valence-corrected chi connectivity index (χ1v) is 6.09. The van der Waals surface area contributed by atoms with Crippen molar-refractivity contribution in [2.45, 2.75) is 31.7 Å². The third kappa shape index (κ3) is 1.45. The molecule has 1 fully saturated rings. The summed E-state index contributed by atoms with van der Waals surface area (Å²) in [6.45, 7) is 3.38. The van der Waals surface area contributed by atoms with Crippen LogP contribution in [0.15, 0.2) is 34.9 Å². The summed E-state index contributed by atoms with van der Waals surface area (Å²) >= 11 is 0. The minimum atomic E-state index is 0.612. The van der Waals surface area contributed by atoms with Crippen molar-refractivity contribution in [1.29, 1.82) is 0 Å². The van der Waals surface area contributed by atoms with Crippen LogP contribution in [0, 0.1) is 0 Å². The number of benzene rings is 1. The number of fused-ring (bicyclic) bond motifs is 1. The summed E-state index contributed by atoms with van der Waals surface area (Å²) in [5, 5.41) is 4.85. The van der Waals surface area contributed by atoms with Gasteiger partial charge in [-0.15, -0.1) is 0 Å². The third-order valence-corrected chi connectivity index (χ3v) is 3.70. The second-order valence-electron chi connectivity index (χ2n) is 4.55. The molecular formula is C14H17NO. The molecule has 1 aromatic carbocycles. The van der Waals surface area contributed by atoms with Gasteiger partial charge in [-0.05, 0) is 25.5 Å². The number of nitrogens with one attached hydrogen (secondary N) is 1. The fourth-order valence-electron chi connectivity index (χ4n) is 2.85. The normalized spacial score (nSPS) is 25.3. The van der Waals surface area contributed by atoms with Crippen molar-refractivity contribution >= 4 is 11.0 Å². The molecule has 2 unspecified atom stereocenters. The number of hydrogen-bond donors (Lipinski definition) is 1. The quantitative estimate of drug-likeness (QED) is 0.831. The van der Waals surface area contributed by atoms with Crippen molar-refractivity contribution in [3.8, 4) is 0 Å². The minimum absolute atomic E-state index is 0.612. The van der Waals surface area contributed by atoms with E-state index in [1.54, 1.807) is 0 Å². The lowest BCUT2D eigenvalue weighted by molar-refractivity contribution is 0.524. The molecule has 0 amide bonds. The van der Waals surface area contributed by atoms with Gasteiger partial charge in [0.1, 0.15) is 5.58 Å². The summed E-state index contributed by atoms with van der Waals surface area (Å²) in [5.74, 6) is 0.619. The van der Waals surface area contributed by atoms with Crippen LogP contribution < -0.4 is 5.32 Å². The molecule has 0 aliphatic carbocycles. The Balaban J connectivity index is 2.05. The zero-order valence-corrected chi connectivity index (χ0v) is 9.57. The van der Waals surface area contributed by atoms with Gasteiger partial charge in [0.2, 0.25) is 0 Å². The molecule has 0 bridgehead atoms. The molecule has 1 saturated heterocycles. The molecule has 2 heterocycles. The zero-order valence-electron chi connectivity index (χ0n) is 9.57. The van der Waals surface area contributed by atoms with Gasteiger partial charge in [0.15, 0.2) is 0 Å². The Morgan fingerprint density at radius 2 is 2.25 bits per heavy atom. The standard InChI is InChI=1S/C14H17NO/c1-2-13-10(7-8-15-13)12-9-16-14-6-4-3-5-11(12)14/h3-6,9-10,13,15H,2,7-8H2,1H3. The van der Waals surface area contributed by atoms with E-state index in [0.717, 1.165) is 12.1 Å². The topological polar surface area (TPSA) is 25.2 Å². The Morgan fingerprint density at radius 1 is 1.38 bits per heavy atom. The Bertz CT molecular complexity index is 488. The molecule has 3 rings (SSSR count). The van der Waals surface area contributed by atoms with Crippen molar-refractivity contribution in [2.24, 2.45) is 0 Å². The maximum atomic E-state index is 5.63. The van der Waals surface area contributed by atoms with Crippen LogP contribution in [-0.4, -0.2) is 12.6 Å². The van der Waals surface area contributed by atoms with Gasteiger partial charge in [-0.1, -0.05) is 25.1 Å². The Kier molecular flexibility index (Phi) is 2.44. The first-order valence-electron chi connectivity index (χ1n) is 6.09. The summed E-state index contributed by atoms with van der Waals surface area (Å²) in [5.41, 5.74) is 2.40. The maximum Gasteiger partial charge on any atom is 0.134 e. The summed E-state index contributed by atoms with van der Waals surface area (Å²) in [6, 6.07) is 8.94. The molecule has 2 atom stereocenters. The molecule has 16 heavy (non-hydrogen) atoms. The molecule has 1 aromatic heterocycles. The van der Waals surface area contributed by atoms with Crippen molar-refractivity contribution in [2.75, 3.05) is 6.54 Å². The zero-order chi connectivity index (χ0) is 11.0. The molecule has 2 heteroatoms. The van der Waals surface area contributed by atoms with E-state index in [0.29, 0.717) is 12.0 Å². The molecular weight excluding hydrogens is 198 g/mol. The Morgan fingerprint density at radius 3 is 3.12 bits per heavy atom. The van der Waals surface area contributed by atoms with Gasteiger partial charge in [0.05, 0.1) is 6.26 Å². The number of furan rings is 1. The average Bonchev–Trinajstić information content (AvgIpc) is 2.94. The second kappa shape index (κ2) is 3.95. The first kappa shape index (κ1) is 9.91. The predicted molar refractivity (Wildman–Crippen MR) is 65.7 cm³/mol. The van der Waals surface area contributed by atoms with Crippen molar-refractivity contribution in [1.82, 2.24) is 5.32 Å². The van der Waals surface area contributed by atoms with Gasteiger partial charge in [-0.25, -0.2) is 0 Å². The van der Waals surface area contributed by atoms with Gasteiger partial charge in [0.25, 0.3) is 0 Å². The largest absolute Gasteiger partial charge is 0.464 e. The van der Waals surface area contributed by atoms with Crippen LogP contribution in [0.1, 0.15) is 31.2 Å². The van der Waals surface area contributed by atoms with E-state index in [1.165, 1.54) is 23.8 Å². The van der Waals surface area contributed by atoms with E-state index in [9.17, 15) is 0 Å². The highest BCUT2D eigenvalue weighted by Gasteiger charge is 2.28. The highest BCUT2D eigenvalue weighted by atomic mass is 16.3. The maximum absolute atomic E-state index is 5.63. The number of para-hydroxylation sites is 1. The molecule has 1 aliphatic rings. The molecule has 1 aliphatic heterocycles. The fraction of sp³-hybridized carbons (Fsp3) is 0.429. The predicted octanol–water partition coefficient (Wildman–Crippen LogP) is 3.29. The molecule has 2 aromatic rings. The smallest absolute Gasteiger partial charge is 0.134 e. The van der Waals surface area contributed by atoms with Gasteiger partial charge < -0.3 is 9.73 Å². The van der Waals surface area contributed by atoms with Gasteiger partial charge >= 0.3 is 0 Å². The lowest BCUT2D eigenvalue weighted by Crippen LogP contribution is -2.24. The molecule has 1 N–H and O–H groups in total. The van der Waals surface area contributed by atoms with Crippen LogP contribution >= 0.6 is 0 Å². The molecule has 0 radical (unpaired) electrons. The Hall–Kier alpha value is -1.28. The third-order valence-electron chi connectivity index (χ3n) is 3.70. The van der Waals surface area contributed by atoms with Crippen LogP contribution in [0.4, 0.5) is 0 Å². The SMILES string of the molecule is CCC1NCCC1c1coc2ccccc12. The van der Waals surface area contributed by atoms with E-state index >= 15 is 0 Å². The minimum Gasteiger partial charge on any atom is -0.464 e. The Labute approximate surface area is 95.6 Å². The van der Waals surface area contributed by atoms with Crippen molar-refractivity contribution in [3.63, 3.8) is 0 Å². The second-order valence-corrected chi connectivity index (χ2v) is 4.55. The van der Waals surface area contributed by atoms with E-state index in [2.05, 4.69) is 24.4 Å². The summed E-state index contributed by atoms with van der Waals surface area (Å²) in [6.07, 6.45) is 4.36. The van der Waals surface area contributed by atoms with Crippen LogP contribution in [-0.2, 0) is 0 Å².